The number of hydrazine groups is 1. The highest BCUT2D eigenvalue weighted by molar-refractivity contribution is 8.00. The van der Waals surface area contributed by atoms with Crippen molar-refractivity contribution in [3.8, 4) is 0 Å². The second-order valence-electron chi connectivity index (χ2n) is 7.50. The van der Waals surface area contributed by atoms with Crippen LogP contribution in [0.2, 0.25) is 0 Å². The van der Waals surface area contributed by atoms with Gasteiger partial charge in [0, 0.05) is 23.9 Å². The monoisotopic (exact) mass is 517 g/mol. The Labute approximate surface area is 206 Å². The SMILES string of the molecule is CO/N=C(\C(=O)NC1C(=O)N2C(C(=O)O)=C(CN3C=NN4NC=CC=C34)CS[C@@H]12)c1csc(N)n1. The number of nitrogens with two attached hydrogens (primary N) is 1. The largest absolute Gasteiger partial charge is 0.477 e. The first-order valence-corrected chi connectivity index (χ1v) is 12.1. The minimum atomic E-state index is -1.22. The van der Waals surface area contributed by atoms with E-state index < -0.39 is 29.2 Å². The molecule has 35 heavy (non-hydrogen) atoms. The third-order valence-electron chi connectivity index (χ3n) is 5.42. The van der Waals surface area contributed by atoms with Crippen molar-refractivity contribution in [3.05, 3.63) is 46.5 Å². The number of nitrogens with one attached hydrogen (secondary N) is 2. The number of hydrogen-bond donors (Lipinski definition) is 4. The van der Waals surface area contributed by atoms with Gasteiger partial charge < -0.3 is 25.9 Å². The van der Waals surface area contributed by atoms with E-state index in [0.29, 0.717) is 11.3 Å². The lowest BCUT2D eigenvalue weighted by atomic mass is 10.0. The summed E-state index contributed by atoms with van der Waals surface area (Å²) < 4.78 is 0. The minimum absolute atomic E-state index is 0.0888. The molecule has 1 fully saturated rings. The zero-order chi connectivity index (χ0) is 24.7. The molecule has 4 aliphatic heterocycles. The Hall–Kier alpha value is -4.05. The molecule has 0 spiro atoms. The molecule has 0 bridgehead atoms. The van der Waals surface area contributed by atoms with Gasteiger partial charge >= 0.3 is 5.97 Å². The zero-order valence-corrected chi connectivity index (χ0v) is 19.7. The van der Waals surface area contributed by atoms with Crippen molar-refractivity contribution in [3.63, 3.8) is 0 Å². The summed E-state index contributed by atoms with van der Waals surface area (Å²) in [5.74, 6) is -1.35. The highest BCUT2D eigenvalue weighted by atomic mass is 32.2. The predicted octanol–water partition coefficient (Wildman–Crippen LogP) is -0.751. The molecule has 5 rings (SSSR count). The number of aliphatic carboxylic acids is 1. The highest BCUT2D eigenvalue weighted by Gasteiger charge is 2.54. The van der Waals surface area contributed by atoms with Crippen LogP contribution in [0.3, 0.4) is 0 Å². The number of allylic oxidation sites excluding steroid dienone is 2. The molecule has 16 heteroatoms. The van der Waals surface area contributed by atoms with Gasteiger partial charge in [-0.25, -0.2) is 9.78 Å². The second-order valence-corrected chi connectivity index (χ2v) is 9.49. The summed E-state index contributed by atoms with van der Waals surface area (Å²) in [6.45, 7) is 0.236. The van der Waals surface area contributed by atoms with Gasteiger partial charge in [0.25, 0.3) is 11.8 Å². The number of carbonyl (C=O) groups excluding carboxylic acids is 2. The maximum absolute atomic E-state index is 13.0. The summed E-state index contributed by atoms with van der Waals surface area (Å²) in [7, 11) is 1.28. The molecule has 1 unspecified atom stereocenters. The van der Waals surface area contributed by atoms with Crippen LogP contribution in [0, 0.1) is 0 Å². The van der Waals surface area contributed by atoms with E-state index in [4.69, 9.17) is 10.6 Å². The lowest BCUT2D eigenvalue weighted by molar-refractivity contribution is -0.150. The van der Waals surface area contributed by atoms with E-state index in [9.17, 15) is 19.5 Å². The number of oxime groups is 1. The molecule has 182 valence electrons. The van der Waals surface area contributed by atoms with Gasteiger partial charge in [-0.2, -0.15) is 5.12 Å². The summed E-state index contributed by atoms with van der Waals surface area (Å²) in [6, 6.07) is -0.930. The highest BCUT2D eigenvalue weighted by Crippen LogP contribution is 2.41. The van der Waals surface area contributed by atoms with Gasteiger partial charge in [0.2, 0.25) is 0 Å². The number of hydrazone groups is 1. The number of anilines is 1. The summed E-state index contributed by atoms with van der Waals surface area (Å²) in [5.41, 5.74) is 9.13. The molecule has 5 N–H and O–H groups in total. The number of β-lactam (4-membered cyclic amide) rings is 1. The fourth-order valence-corrected chi connectivity index (χ4v) is 5.78. The molecule has 1 aromatic rings. The van der Waals surface area contributed by atoms with Crippen LogP contribution < -0.4 is 16.5 Å². The van der Waals surface area contributed by atoms with Crippen molar-refractivity contribution in [2.45, 2.75) is 11.4 Å². The Morgan fingerprint density at radius 2 is 2.29 bits per heavy atom. The number of fused-ring (bicyclic) bond motifs is 2. The smallest absolute Gasteiger partial charge is 0.352 e. The van der Waals surface area contributed by atoms with Gasteiger partial charge in [-0.05, 0) is 17.7 Å². The summed E-state index contributed by atoms with van der Waals surface area (Å²) in [6.07, 6.45) is 6.93. The van der Waals surface area contributed by atoms with Crippen LogP contribution in [-0.2, 0) is 19.2 Å². The van der Waals surface area contributed by atoms with Crippen molar-refractivity contribution in [2.24, 2.45) is 10.3 Å². The predicted molar refractivity (Wildman–Crippen MR) is 127 cm³/mol. The number of hydrogen-bond acceptors (Lipinski definition) is 13. The summed E-state index contributed by atoms with van der Waals surface area (Å²) in [5, 5.41) is 23.2. The third-order valence-corrected chi connectivity index (χ3v) is 7.43. The first kappa shape index (κ1) is 22.7. The van der Waals surface area contributed by atoms with E-state index >= 15 is 0 Å². The summed E-state index contributed by atoms with van der Waals surface area (Å²) in [4.78, 5) is 49.8. The molecule has 0 aliphatic carbocycles. The fraction of sp³-hybridized carbons (Fsp3) is 0.263. The van der Waals surface area contributed by atoms with Crippen molar-refractivity contribution in [1.82, 2.24) is 30.6 Å². The van der Waals surface area contributed by atoms with Crippen LogP contribution in [0.5, 0.6) is 0 Å². The van der Waals surface area contributed by atoms with Gasteiger partial charge in [-0.3, -0.25) is 19.9 Å². The Balaban J connectivity index is 1.33. The molecule has 4 aliphatic rings. The first-order chi connectivity index (χ1) is 16.9. The number of amides is 2. The number of carbonyl (C=O) groups is 3. The second kappa shape index (κ2) is 8.95. The lowest BCUT2D eigenvalue weighted by Gasteiger charge is -2.49. The molecule has 2 amide bonds. The average Bonchev–Trinajstić information content (AvgIpc) is 3.46. The van der Waals surface area contributed by atoms with Crippen molar-refractivity contribution >= 4 is 58.1 Å². The van der Waals surface area contributed by atoms with Crippen LogP contribution >= 0.6 is 23.1 Å². The Kier molecular flexibility index (Phi) is 5.81. The number of carboxylic acid groups (broad SMARTS) is 1. The van der Waals surface area contributed by atoms with E-state index in [-0.39, 0.29) is 28.8 Å². The number of thiazole rings is 1. The quantitative estimate of drug-likeness (QED) is 0.203. The maximum atomic E-state index is 13.0. The molecule has 5 heterocycles. The van der Waals surface area contributed by atoms with E-state index in [1.807, 2.05) is 6.08 Å². The van der Waals surface area contributed by atoms with Crippen LogP contribution in [0.4, 0.5) is 5.13 Å². The van der Waals surface area contributed by atoms with Crippen molar-refractivity contribution in [1.29, 1.82) is 0 Å². The van der Waals surface area contributed by atoms with Crippen molar-refractivity contribution < 1.29 is 24.3 Å². The van der Waals surface area contributed by atoms with Gasteiger partial charge in [0.05, 0.1) is 0 Å². The Morgan fingerprint density at radius 1 is 1.46 bits per heavy atom. The van der Waals surface area contributed by atoms with Gasteiger partial charge in [0.1, 0.15) is 36.3 Å². The third kappa shape index (κ3) is 3.95. The lowest BCUT2D eigenvalue weighted by Crippen LogP contribution is -2.71. The molecule has 14 nitrogen and oxygen atoms in total. The van der Waals surface area contributed by atoms with E-state index in [2.05, 4.69) is 26.0 Å². The first-order valence-electron chi connectivity index (χ1n) is 10.2. The Bertz CT molecular complexity index is 1250. The number of carboxylic acids is 1. The van der Waals surface area contributed by atoms with Crippen LogP contribution in [0.25, 0.3) is 0 Å². The van der Waals surface area contributed by atoms with Crippen LogP contribution in [-0.4, -0.2) is 85.7 Å². The number of nitrogens with zero attached hydrogens (tertiary/aromatic N) is 6. The molecular weight excluding hydrogens is 498 g/mol. The maximum Gasteiger partial charge on any atom is 0.352 e. The molecule has 1 saturated heterocycles. The Morgan fingerprint density at radius 3 is 3.00 bits per heavy atom. The molecule has 2 atom stereocenters. The van der Waals surface area contributed by atoms with E-state index in [0.717, 1.165) is 17.2 Å². The van der Waals surface area contributed by atoms with Crippen LogP contribution in [0.15, 0.2) is 51.1 Å². The van der Waals surface area contributed by atoms with Crippen molar-refractivity contribution in [2.75, 3.05) is 25.1 Å². The standard InChI is InChI=1S/C19H19N9O5S2/c1-33-25-12(10-7-35-19(20)23-10)15(29)24-13-16(30)27-14(18(31)32)9(6-34-17(13)27)5-26-8-22-28-11(26)3-2-4-21-28/h2-4,7-8,13,17,21H,5-6H2,1H3,(H2,20,23)(H,24,29)(H,31,32)/b25-12-/t13?,17-/m0/s1. The molecule has 1 aromatic heterocycles. The number of nitrogen functional groups attached to an aromatic ring is 1. The van der Waals surface area contributed by atoms with Crippen LogP contribution in [0.1, 0.15) is 5.69 Å². The molecular formula is C19H19N9O5S2. The average molecular weight is 518 g/mol. The zero-order valence-electron chi connectivity index (χ0n) is 18.1. The minimum Gasteiger partial charge on any atom is -0.477 e. The molecule has 0 saturated carbocycles. The van der Waals surface area contributed by atoms with Gasteiger partial charge in [0.15, 0.2) is 16.7 Å². The van der Waals surface area contributed by atoms with E-state index in [1.165, 1.54) is 23.8 Å². The molecule has 0 aromatic carbocycles. The topological polar surface area (TPSA) is 178 Å². The van der Waals surface area contributed by atoms with Gasteiger partial charge in [-0.1, -0.05) is 5.16 Å². The summed E-state index contributed by atoms with van der Waals surface area (Å²) >= 11 is 2.49. The normalized spacial score (nSPS) is 22.9. The number of rotatable bonds is 7. The number of thioether (sulfide) groups is 1. The fourth-order valence-electron chi connectivity index (χ4n) is 3.90. The number of aromatic nitrogens is 1. The molecule has 0 radical (unpaired) electrons. The van der Waals surface area contributed by atoms with Gasteiger partial charge in [-0.15, -0.1) is 28.2 Å². The van der Waals surface area contributed by atoms with E-state index in [1.54, 1.807) is 34.0 Å².